The summed E-state index contributed by atoms with van der Waals surface area (Å²) in [7, 11) is 1.59. The van der Waals surface area contributed by atoms with E-state index in [1.807, 2.05) is 45.0 Å². The van der Waals surface area contributed by atoms with Crippen molar-refractivity contribution in [3.05, 3.63) is 75.0 Å². The summed E-state index contributed by atoms with van der Waals surface area (Å²) in [5.74, 6) is 0.216. The SMILES string of the molecule is COc1ccc(C2CC(=O)N(c3cc([N+](=O)[O-])ccc3C)C3=C2C(=O)CC(C)(C)C3)cc1. The molecule has 7 nitrogen and oxygen atoms in total. The molecule has 1 unspecified atom stereocenters. The number of amides is 1. The number of Topliss-reactive ketones (excluding diaryl/α,β-unsaturated/α-hetero) is 1. The molecule has 1 aliphatic heterocycles. The van der Waals surface area contributed by atoms with E-state index in [4.69, 9.17) is 4.74 Å². The Morgan fingerprint density at radius 3 is 2.41 bits per heavy atom. The third-order valence-electron chi connectivity index (χ3n) is 6.31. The molecule has 0 saturated heterocycles. The van der Waals surface area contributed by atoms with Gasteiger partial charge in [0.2, 0.25) is 5.91 Å². The predicted octanol–water partition coefficient (Wildman–Crippen LogP) is 5.08. The highest BCUT2D eigenvalue weighted by molar-refractivity contribution is 6.08. The lowest BCUT2D eigenvalue weighted by Crippen LogP contribution is -2.44. The van der Waals surface area contributed by atoms with Gasteiger partial charge in [0.15, 0.2) is 5.78 Å². The van der Waals surface area contributed by atoms with E-state index < -0.39 is 4.92 Å². The smallest absolute Gasteiger partial charge is 0.271 e. The molecule has 7 heteroatoms. The van der Waals surface area contributed by atoms with Gasteiger partial charge in [-0.25, -0.2) is 0 Å². The minimum absolute atomic E-state index is 0.0256. The molecule has 1 aliphatic carbocycles. The summed E-state index contributed by atoms with van der Waals surface area (Å²) in [6.07, 6.45) is 1.06. The Morgan fingerprint density at radius 1 is 1.09 bits per heavy atom. The summed E-state index contributed by atoms with van der Waals surface area (Å²) in [4.78, 5) is 39.3. The Hall–Kier alpha value is -3.48. The molecule has 1 amide bonds. The molecule has 2 aromatic rings. The standard InChI is InChI=1S/C25H26N2O5/c1-15-5-8-17(27(30)31)11-20(15)26-21-13-25(2,3)14-22(28)24(21)19(12-23(26)29)16-6-9-18(32-4)10-7-16/h5-11,19H,12-14H2,1-4H3. The average molecular weight is 434 g/mol. The highest BCUT2D eigenvalue weighted by atomic mass is 16.6. The van der Waals surface area contributed by atoms with Gasteiger partial charge in [-0.05, 0) is 42.0 Å². The van der Waals surface area contributed by atoms with Crippen LogP contribution in [0.15, 0.2) is 53.7 Å². The van der Waals surface area contributed by atoms with Gasteiger partial charge in [-0.1, -0.05) is 32.0 Å². The van der Waals surface area contributed by atoms with E-state index in [-0.39, 0.29) is 35.1 Å². The normalized spacial score (nSPS) is 20.2. The van der Waals surface area contributed by atoms with Gasteiger partial charge in [0.25, 0.3) is 5.69 Å². The molecule has 32 heavy (non-hydrogen) atoms. The number of nitro benzene ring substituents is 1. The van der Waals surface area contributed by atoms with E-state index in [9.17, 15) is 19.7 Å². The van der Waals surface area contributed by atoms with E-state index in [1.54, 1.807) is 18.1 Å². The molecule has 1 atom stereocenters. The number of carbonyl (C=O) groups excluding carboxylic acids is 2. The van der Waals surface area contributed by atoms with E-state index in [2.05, 4.69) is 0 Å². The first-order valence-electron chi connectivity index (χ1n) is 10.6. The first-order chi connectivity index (χ1) is 15.1. The minimum Gasteiger partial charge on any atom is -0.497 e. The number of anilines is 1. The first-order valence-corrected chi connectivity index (χ1v) is 10.6. The molecule has 4 rings (SSSR count). The van der Waals surface area contributed by atoms with Crippen LogP contribution in [0.2, 0.25) is 0 Å². The number of hydrogen-bond donors (Lipinski definition) is 0. The van der Waals surface area contributed by atoms with Gasteiger partial charge < -0.3 is 4.74 Å². The van der Waals surface area contributed by atoms with Crippen LogP contribution in [0.3, 0.4) is 0 Å². The highest BCUT2D eigenvalue weighted by Gasteiger charge is 2.44. The lowest BCUT2D eigenvalue weighted by atomic mass is 9.69. The molecule has 1 heterocycles. The number of benzene rings is 2. The second kappa shape index (κ2) is 7.89. The molecular weight excluding hydrogens is 408 g/mol. The Labute approximate surface area is 186 Å². The number of aryl methyl sites for hydroxylation is 1. The van der Waals surface area contributed by atoms with Gasteiger partial charge in [0.05, 0.1) is 17.7 Å². The summed E-state index contributed by atoms with van der Waals surface area (Å²) >= 11 is 0. The molecule has 166 valence electrons. The van der Waals surface area contributed by atoms with Crippen LogP contribution < -0.4 is 9.64 Å². The zero-order valence-corrected chi connectivity index (χ0v) is 18.7. The molecule has 0 fully saturated rings. The van der Waals surface area contributed by atoms with E-state index in [0.29, 0.717) is 35.5 Å². The van der Waals surface area contributed by atoms with Gasteiger partial charge in [0, 0.05) is 42.2 Å². The van der Waals surface area contributed by atoms with Crippen LogP contribution in [-0.2, 0) is 9.59 Å². The van der Waals surface area contributed by atoms with Crippen molar-refractivity contribution in [2.24, 2.45) is 5.41 Å². The first kappa shape index (κ1) is 21.7. The minimum atomic E-state index is -0.469. The van der Waals surface area contributed by atoms with Crippen molar-refractivity contribution >= 4 is 23.1 Å². The van der Waals surface area contributed by atoms with Crippen LogP contribution in [-0.4, -0.2) is 23.7 Å². The van der Waals surface area contributed by atoms with Crippen molar-refractivity contribution in [3.8, 4) is 5.75 Å². The Kier molecular flexibility index (Phi) is 5.36. The van der Waals surface area contributed by atoms with Crippen LogP contribution in [0.4, 0.5) is 11.4 Å². The number of nitro groups is 1. The maximum atomic E-state index is 13.5. The maximum Gasteiger partial charge on any atom is 0.271 e. The molecule has 0 radical (unpaired) electrons. The second-order valence-electron chi connectivity index (χ2n) is 9.29. The van der Waals surface area contributed by atoms with Gasteiger partial charge in [0.1, 0.15) is 5.75 Å². The Balaban J connectivity index is 1.90. The number of rotatable bonds is 4. The van der Waals surface area contributed by atoms with Gasteiger partial charge in [-0.15, -0.1) is 0 Å². The topological polar surface area (TPSA) is 89.8 Å². The third kappa shape index (κ3) is 3.79. The second-order valence-corrected chi connectivity index (χ2v) is 9.29. The summed E-state index contributed by atoms with van der Waals surface area (Å²) in [6, 6.07) is 11.9. The number of non-ortho nitro benzene ring substituents is 1. The van der Waals surface area contributed by atoms with Crippen LogP contribution >= 0.6 is 0 Å². The Morgan fingerprint density at radius 2 is 1.78 bits per heavy atom. The van der Waals surface area contributed by atoms with Crippen molar-refractivity contribution < 1.29 is 19.2 Å². The summed E-state index contributed by atoms with van der Waals surface area (Å²) in [5.41, 5.74) is 3.00. The van der Waals surface area contributed by atoms with Crippen molar-refractivity contribution in [2.75, 3.05) is 12.0 Å². The summed E-state index contributed by atoms with van der Waals surface area (Å²) < 4.78 is 5.24. The Bertz CT molecular complexity index is 1150. The zero-order chi connectivity index (χ0) is 23.2. The van der Waals surface area contributed by atoms with Crippen molar-refractivity contribution in [1.82, 2.24) is 0 Å². The number of allylic oxidation sites excluding steroid dienone is 2. The number of hydrogen-bond acceptors (Lipinski definition) is 5. The number of methoxy groups -OCH3 is 1. The molecule has 0 spiro atoms. The fourth-order valence-electron chi connectivity index (χ4n) is 4.77. The molecular formula is C25H26N2O5. The summed E-state index contributed by atoms with van der Waals surface area (Å²) in [5, 5.41) is 11.4. The van der Waals surface area contributed by atoms with Gasteiger partial charge >= 0.3 is 0 Å². The van der Waals surface area contributed by atoms with Crippen molar-refractivity contribution in [3.63, 3.8) is 0 Å². The summed E-state index contributed by atoms with van der Waals surface area (Å²) in [6.45, 7) is 5.83. The maximum absolute atomic E-state index is 13.5. The average Bonchev–Trinajstić information content (AvgIpc) is 2.73. The lowest BCUT2D eigenvalue weighted by Gasteiger charge is -2.43. The van der Waals surface area contributed by atoms with Crippen LogP contribution in [0.5, 0.6) is 5.75 Å². The molecule has 2 aliphatic rings. The quantitative estimate of drug-likeness (QED) is 0.495. The van der Waals surface area contributed by atoms with E-state index in [1.165, 1.54) is 12.1 Å². The number of nitrogens with zero attached hydrogens (tertiary/aromatic N) is 2. The fourth-order valence-corrected chi connectivity index (χ4v) is 4.77. The monoisotopic (exact) mass is 434 g/mol. The largest absolute Gasteiger partial charge is 0.497 e. The molecule has 2 aromatic carbocycles. The number of ketones is 1. The molecule has 0 saturated carbocycles. The zero-order valence-electron chi connectivity index (χ0n) is 18.7. The molecule has 0 bridgehead atoms. The third-order valence-corrected chi connectivity index (χ3v) is 6.31. The van der Waals surface area contributed by atoms with Gasteiger partial charge in [-0.3, -0.25) is 24.6 Å². The van der Waals surface area contributed by atoms with Crippen LogP contribution in [0, 0.1) is 22.5 Å². The fraction of sp³-hybridized carbons (Fsp3) is 0.360. The molecule has 0 aromatic heterocycles. The predicted molar refractivity (Wildman–Crippen MR) is 121 cm³/mol. The van der Waals surface area contributed by atoms with Crippen LogP contribution in [0.25, 0.3) is 0 Å². The van der Waals surface area contributed by atoms with Crippen LogP contribution in [0.1, 0.15) is 50.2 Å². The molecule has 0 N–H and O–H groups in total. The van der Waals surface area contributed by atoms with E-state index in [0.717, 1.165) is 11.1 Å². The van der Waals surface area contributed by atoms with Crippen molar-refractivity contribution in [2.45, 2.75) is 46.0 Å². The highest BCUT2D eigenvalue weighted by Crippen LogP contribution is 2.49. The number of carbonyl (C=O) groups is 2. The lowest BCUT2D eigenvalue weighted by molar-refractivity contribution is -0.384. The van der Waals surface area contributed by atoms with Crippen molar-refractivity contribution in [1.29, 1.82) is 0 Å². The van der Waals surface area contributed by atoms with E-state index >= 15 is 0 Å². The van der Waals surface area contributed by atoms with Gasteiger partial charge in [-0.2, -0.15) is 0 Å². The number of ether oxygens (including phenoxy) is 1.